The van der Waals surface area contributed by atoms with Gasteiger partial charge in [0.05, 0.1) is 57.5 Å². The van der Waals surface area contributed by atoms with Crippen molar-refractivity contribution in [1.82, 2.24) is 0 Å². The average Bonchev–Trinajstić information content (AvgIpc) is 3.14. The predicted octanol–water partition coefficient (Wildman–Crippen LogP) is 1.37. The maximum absolute atomic E-state index is 12.6. The van der Waals surface area contributed by atoms with Crippen LogP contribution in [0.15, 0.2) is 0 Å². The average molecular weight is 449 g/mol. The van der Waals surface area contributed by atoms with Crippen molar-refractivity contribution in [2.45, 2.75) is 82.9 Å². The lowest BCUT2D eigenvalue weighted by molar-refractivity contribution is -0.234. The Kier molecular flexibility index (Phi) is 9.19. The van der Waals surface area contributed by atoms with Crippen LogP contribution in [-0.4, -0.2) is 65.4 Å². The molecule has 9 nitrogen and oxygen atoms in total. The van der Waals surface area contributed by atoms with Crippen LogP contribution in [0.25, 0.3) is 0 Å². The van der Waals surface area contributed by atoms with Crippen molar-refractivity contribution in [3.8, 4) is 12.1 Å². The molecule has 1 aliphatic carbocycles. The van der Waals surface area contributed by atoms with Crippen molar-refractivity contribution in [3.05, 3.63) is 0 Å². The summed E-state index contributed by atoms with van der Waals surface area (Å²) in [7, 11) is 6.89. The van der Waals surface area contributed by atoms with Gasteiger partial charge in [0.2, 0.25) is 0 Å². The molecular formula is C19H28B2N2O7P-. The molecule has 0 amide bonds. The Balaban J connectivity index is 2.11. The highest BCUT2D eigenvalue weighted by atomic mass is 31.2. The maximum Gasteiger partial charge on any atom is 0.268 e. The molecular weight excluding hydrogens is 421 g/mol. The molecule has 4 radical (unpaired) electrons. The van der Waals surface area contributed by atoms with Crippen LogP contribution in [0.4, 0.5) is 0 Å². The van der Waals surface area contributed by atoms with Crippen molar-refractivity contribution >= 4 is 23.5 Å². The monoisotopic (exact) mass is 449 g/mol. The fourth-order valence-corrected chi connectivity index (χ4v) is 4.86. The molecule has 1 saturated heterocycles. The van der Waals surface area contributed by atoms with Crippen LogP contribution in [0.5, 0.6) is 0 Å². The number of phosphoric acid groups is 1. The first kappa shape index (κ1) is 26.4. The van der Waals surface area contributed by atoms with Crippen LogP contribution in [0.1, 0.15) is 40.5 Å². The van der Waals surface area contributed by atoms with Gasteiger partial charge in [-0.3, -0.25) is 4.57 Å². The first-order chi connectivity index (χ1) is 14.4. The van der Waals surface area contributed by atoms with Gasteiger partial charge in [0, 0.05) is 5.92 Å². The summed E-state index contributed by atoms with van der Waals surface area (Å²) in [5.41, 5.74) is -2.03. The fraction of sp³-hybridized carbons (Fsp3) is 0.895. The quantitative estimate of drug-likeness (QED) is 0.358. The fourth-order valence-electron chi connectivity index (χ4n) is 3.84. The van der Waals surface area contributed by atoms with E-state index in [1.54, 1.807) is 26.0 Å². The van der Waals surface area contributed by atoms with Gasteiger partial charge >= 0.3 is 0 Å². The molecule has 31 heavy (non-hydrogen) atoms. The van der Waals surface area contributed by atoms with Crippen molar-refractivity contribution in [2.24, 2.45) is 11.3 Å². The molecule has 1 saturated carbocycles. The van der Waals surface area contributed by atoms with E-state index in [9.17, 15) is 20.0 Å². The lowest BCUT2D eigenvalue weighted by atomic mass is 9.72. The molecule has 0 bridgehead atoms. The van der Waals surface area contributed by atoms with Gasteiger partial charge < -0.3 is 28.2 Å². The molecule has 7 atom stereocenters. The zero-order chi connectivity index (χ0) is 23.4. The third-order valence-corrected chi connectivity index (χ3v) is 6.27. The van der Waals surface area contributed by atoms with Crippen LogP contribution < -0.4 is 4.89 Å². The van der Waals surface area contributed by atoms with E-state index in [4.69, 9.17) is 39.0 Å². The second kappa shape index (κ2) is 10.8. The number of ether oxygens (including phenoxy) is 3. The van der Waals surface area contributed by atoms with Gasteiger partial charge in [-0.2, -0.15) is 10.5 Å². The van der Waals surface area contributed by atoms with E-state index in [-0.39, 0.29) is 43.3 Å². The smallest absolute Gasteiger partial charge is 0.268 e. The molecule has 2 unspecified atom stereocenters. The maximum atomic E-state index is 12.6. The summed E-state index contributed by atoms with van der Waals surface area (Å²) < 4.78 is 39.7. The Hall–Kier alpha value is -0.900. The van der Waals surface area contributed by atoms with Crippen LogP contribution in [0, 0.1) is 34.0 Å². The number of hydrogen-bond donors (Lipinski definition) is 0. The Morgan fingerprint density at radius 2 is 1.81 bits per heavy atom. The Bertz CT molecular complexity index is 728. The van der Waals surface area contributed by atoms with E-state index < -0.39 is 31.4 Å². The van der Waals surface area contributed by atoms with Gasteiger partial charge in [0.1, 0.15) is 20.1 Å². The molecule has 1 heterocycles. The third kappa shape index (κ3) is 6.55. The first-order valence-electron chi connectivity index (χ1n) is 10.3. The SMILES string of the molecule is [B][C@H]1CC(OC(C)C)[C@@H](COP(=O)([O-])O[C@H]2[C@@H](COC(C)C)O[C@@H]([B])C2(C#N)C#N)C1. The zero-order valence-electron chi connectivity index (χ0n) is 18.3. The standard InChI is InChI=1S/C19H29B2N2O7P/c1-11(2)26-8-16-17(19(9-22,10-23)18(21)29-16)30-31(24,25)27-7-13-5-14(20)6-15(13)28-12(3)4/h11-18H,5-8H2,1-4H3,(H,24,25)/p-1/t13-,14-,15?,16-,17+,18-/m1/s1. The van der Waals surface area contributed by atoms with E-state index >= 15 is 0 Å². The minimum atomic E-state index is -4.93. The van der Waals surface area contributed by atoms with Crippen molar-refractivity contribution in [2.75, 3.05) is 13.2 Å². The summed E-state index contributed by atoms with van der Waals surface area (Å²) in [4.78, 5) is 12.6. The van der Waals surface area contributed by atoms with Crippen molar-refractivity contribution in [1.29, 1.82) is 10.5 Å². The molecule has 0 aromatic rings. The second-order valence-corrected chi connectivity index (χ2v) is 9.92. The summed E-state index contributed by atoms with van der Waals surface area (Å²) in [6, 6.07) is 2.14. The highest BCUT2D eigenvalue weighted by Gasteiger charge is 2.58. The Morgan fingerprint density at radius 1 is 1.16 bits per heavy atom. The van der Waals surface area contributed by atoms with E-state index in [1.165, 1.54) is 0 Å². The summed E-state index contributed by atoms with van der Waals surface area (Å²) >= 11 is 0. The molecule has 2 aliphatic rings. The predicted molar refractivity (Wildman–Crippen MR) is 110 cm³/mol. The van der Waals surface area contributed by atoms with Crippen molar-refractivity contribution < 1.29 is 32.7 Å². The Morgan fingerprint density at radius 3 is 2.35 bits per heavy atom. The highest BCUT2D eigenvalue weighted by molar-refractivity contribution is 7.45. The molecule has 0 spiro atoms. The van der Waals surface area contributed by atoms with Gasteiger partial charge in [0.15, 0.2) is 5.41 Å². The molecule has 0 N–H and O–H groups in total. The van der Waals surface area contributed by atoms with E-state index in [0.29, 0.717) is 12.8 Å². The summed E-state index contributed by atoms with van der Waals surface area (Å²) in [5, 5.41) is 19.2. The normalized spacial score (nSPS) is 34.5. The summed E-state index contributed by atoms with van der Waals surface area (Å²) in [5.74, 6) is -0.352. The lowest BCUT2D eigenvalue weighted by Gasteiger charge is -2.33. The lowest BCUT2D eigenvalue weighted by Crippen LogP contribution is -2.42. The second-order valence-electron chi connectivity index (χ2n) is 8.55. The molecule has 0 aromatic heterocycles. The number of phosphoric ester groups is 1. The van der Waals surface area contributed by atoms with Crippen LogP contribution in [-0.2, 0) is 27.8 Å². The molecule has 1 aliphatic heterocycles. The molecule has 12 heteroatoms. The van der Waals surface area contributed by atoms with Gasteiger partial charge in [-0.25, -0.2) is 0 Å². The topological polar surface area (TPSA) is 134 Å². The van der Waals surface area contributed by atoms with Gasteiger partial charge in [-0.15, -0.1) is 0 Å². The van der Waals surface area contributed by atoms with Gasteiger partial charge in [-0.05, 0) is 34.1 Å². The van der Waals surface area contributed by atoms with Crippen LogP contribution >= 0.6 is 7.82 Å². The molecule has 168 valence electrons. The third-order valence-electron chi connectivity index (χ3n) is 5.32. The van der Waals surface area contributed by atoms with Crippen LogP contribution in [0.3, 0.4) is 0 Å². The zero-order valence-corrected chi connectivity index (χ0v) is 19.2. The van der Waals surface area contributed by atoms with Crippen LogP contribution in [0.2, 0.25) is 5.82 Å². The van der Waals surface area contributed by atoms with Crippen molar-refractivity contribution in [3.63, 3.8) is 0 Å². The van der Waals surface area contributed by atoms with E-state index in [2.05, 4.69) is 0 Å². The number of hydrogen-bond acceptors (Lipinski definition) is 9. The molecule has 2 fully saturated rings. The first-order valence-corrected chi connectivity index (χ1v) is 11.8. The number of nitriles is 2. The van der Waals surface area contributed by atoms with E-state index in [0.717, 1.165) is 0 Å². The summed E-state index contributed by atoms with van der Waals surface area (Å²) in [6.07, 6.45) is -1.88. The van der Waals surface area contributed by atoms with E-state index in [1.807, 2.05) is 13.8 Å². The molecule has 0 aromatic carbocycles. The Labute approximate surface area is 186 Å². The highest BCUT2D eigenvalue weighted by Crippen LogP contribution is 2.50. The number of nitrogens with zero attached hydrogens (tertiary/aromatic N) is 2. The summed E-state index contributed by atoms with van der Waals surface area (Å²) in [6.45, 7) is 7.02. The minimum Gasteiger partial charge on any atom is -0.756 e. The largest absolute Gasteiger partial charge is 0.756 e. The number of rotatable bonds is 10. The van der Waals surface area contributed by atoms with Gasteiger partial charge in [0.25, 0.3) is 7.82 Å². The minimum absolute atomic E-state index is 0.0428. The van der Waals surface area contributed by atoms with Gasteiger partial charge in [-0.1, -0.05) is 12.2 Å². The molecule has 2 rings (SSSR count).